The number of carboxylic acids is 1. The zero-order valence-electron chi connectivity index (χ0n) is 13.1. The van der Waals surface area contributed by atoms with Crippen molar-refractivity contribution in [2.75, 3.05) is 5.73 Å². The Hall–Kier alpha value is -2.93. The highest BCUT2D eigenvalue weighted by Crippen LogP contribution is 2.21. The summed E-state index contributed by atoms with van der Waals surface area (Å²) in [5.41, 5.74) is 7.46. The van der Waals surface area contributed by atoms with Gasteiger partial charge >= 0.3 is 5.97 Å². The van der Waals surface area contributed by atoms with Gasteiger partial charge in [0.25, 0.3) is 0 Å². The van der Waals surface area contributed by atoms with Gasteiger partial charge < -0.3 is 15.8 Å². The zero-order valence-corrected chi connectivity index (χ0v) is 13.8. The van der Waals surface area contributed by atoms with Crippen molar-refractivity contribution >= 4 is 40.1 Å². The van der Waals surface area contributed by atoms with Gasteiger partial charge in [-0.15, -0.1) is 0 Å². The van der Waals surface area contributed by atoms with E-state index in [9.17, 15) is 4.79 Å². The van der Waals surface area contributed by atoms with Gasteiger partial charge in [-0.05, 0) is 18.2 Å². The number of benzene rings is 1. The number of halogens is 1. The maximum atomic E-state index is 11.1. The standard InChI is InChI=1S/C14H10ClN5O2.C2H6/c15-6-1-2-7(9(16)3-6)11(17)10-5-19-13-12(20-10)8(4-18-13)14(21)22;1-2/h1-5,17H,16H2,(H,18,19)(H,21,22);1-2H3. The summed E-state index contributed by atoms with van der Waals surface area (Å²) in [6, 6.07) is 4.77. The van der Waals surface area contributed by atoms with Crippen LogP contribution in [-0.2, 0) is 0 Å². The van der Waals surface area contributed by atoms with Gasteiger partial charge in [0.05, 0.1) is 11.9 Å². The van der Waals surface area contributed by atoms with Crippen molar-refractivity contribution in [3.63, 3.8) is 0 Å². The van der Waals surface area contributed by atoms with E-state index in [1.54, 1.807) is 12.1 Å². The maximum absolute atomic E-state index is 11.1. The first-order chi connectivity index (χ1) is 11.5. The molecule has 0 radical (unpaired) electrons. The third-order valence-electron chi connectivity index (χ3n) is 3.15. The number of nitrogens with zero attached hydrogens (tertiary/aromatic N) is 2. The molecule has 124 valence electrons. The minimum absolute atomic E-state index is 0.00114. The van der Waals surface area contributed by atoms with E-state index in [1.165, 1.54) is 18.5 Å². The number of anilines is 1. The van der Waals surface area contributed by atoms with Crippen molar-refractivity contribution in [2.45, 2.75) is 13.8 Å². The monoisotopic (exact) mass is 345 g/mol. The molecule has 3 aromatic rings. The fourth-order valence-corrected chi connectivity index (χ4v) is 2.25. The predicted octanol–water partition coefficient (Wildman–Crippen LogP) is 3.33. The van der Waals surface area contributed by atoms with Gasteiger partial charge in [0, 0.05) is 22.5 Å². The van der Waals surface area contributed by atoms with Crippen LogP contribution in [0.2, 0.25) is 5.02 Å². The van der Waals surface area contributed by atoms with Gasteiger partial charge in [0.1, 0.15) is 16.8 Å². The van der Waals surface area contributed by atoms with Crippen molar-refractivity contribution in [1.82, 2.24) is 15.0 Å². The maximum Gasteiger partial charge on any atom is 0.339 e. The number of aromatic nitrogens is 3. The molecule has 0 amide bonds. The molecule has 0 fully saturated rings. The number of rotatable bonds is 3. The summed E-state index contributed by atoms with van der Waals surface area (Å²) in [7, 11) is 0. The van der Waals surface area contributed by atoms with E-state index >= 15 is 0 Å². The van der Waals surface area contributed by atoms with Crippen molar-refractivity contribution in [3.05, 3.63) is 52.4 Å². The molecule has 0 spiro atoms. The van der Waals surface area contributed by atoms with Crippen molar-refractivity contribution < 1.29 is 9.90 Å². The summed E-state index contributed by atoms with van der Waals surface area (Å²) in [5, 5.41) is 17.8. The van der Waals surface area contributed by atoms with Crippen LogP contribution in [0.3, 0.4) is 0 Å². The number of hydrogen-bond donors (Lipinski definition) is 4. The molecule has 5 N–H and O–H groups in total. The van der Waals surface area contributed by atoms with E-state index in [4.69, 9.17) is 27.9 Å². The largest absolute Gasteiger partial charge is 0.478 e. The summed E-state index contributed by atoms with van der Waals surface area (Å²) in [6.45, 7) is 4.00. The summed E-state index contributed by atoms with van der Waals surface area (Å²) < 4.78 is 0. The second-order valence-corrected chi connectivity index (χ2v) is 5.00. The van der Waals surface area contributed by atoms with Gasteiger partial charge in [-0.3, -0.25) is 5.41 Å². The Kier molecular flexibility index (Phi) is 5.15. The molecular weight excluding hydrogens is 330 g/mol. The summed E-state index contributed by atoms with van der Waals surface area (Å²) >= 11 is 5.84. The number of hydrogen-bond acceptors (Lipinski definition) is 5. The average Bonchev–Trinajstić information content (AvgIpc) is 2.99. The zero-order chi connectivity index (χ0) is 17.9. The lowest BCUT2D eigenvalue weighted by Crippen LogP contribution is -2.08. The molecule has 0 aliphatic heterocycles. The fraction of sp³-hybridized carbons (Fsp3) is 0.125. The molecule has 2 aromatic heterocycles. The molecule has 1 aromatic carbocycles. The minimum Gasteiger partial charge on any atom is -0.478 e. The van der Waals surface area contributed by atoms with Gasteiger partial charge in [0.15, 0.2) is 5.65 Å². The Morgan fingerprint density at radius 3 is 2.67 bits per heavy atom. The first-order valence-corrected chi connectivity index (χ1v) is 7.57. The van der Waals surface area contributed by atoms with E-state index in [0.717, 1.165) is 0 Å². The first-order valence-electron chi connectivity index (χ1n) is 7.19. The Balaban J connectivity index is 0.00000100. The second-order valence-electron chi connectivity index (χ2n) is 4.57. The number of nitrogens with two attached hydrogens (primary N) is 1. The summed E-state index contributed by atoms with van der Waals surface area (Å²) in [6.07, 6.45) is 2.71. The Labute approximate surface area is 143 Å². The lowest BCUT2D eigenvalue weighted by Gasteiger charge is -2.07. The highest BCUT2D eigenvalue weighted by atomic mass is 35.5. The summed E-state index contributed by atoms with van der Waals surface area (Å²) in [5.74, 6) is -1.12. The molecule has 0 unspecified atom stereocenters. The molecule has 24 heavy (non-hydrogen) atoms. The van der Waals surface area contributed by atoms with Crippen LogP contribution in [0.15, 0.2) is 30.6 Å². The fourth-order valence-electron chi connectivity index (χ4n) is 2.07. The predicted molar refractivity (Wildman–Crippen MR) is 94.0 cm³/mol. The van der Waals surface area contributed by atoms with E-state index in [2.05, 4.69) is 15.0 Å². The lowest BCUT2D eigenvalue weighted by molar-refractivity contribution is 0.0699. The molecule has 2 heterocycles. The van der Waals surface area contributed by atoms with Gasteiger partial charge in [0.2, 0.25) is 0 Å². The number of aromatic amines is 1. The topological polar surface area (TPSA) is 129 Å². The molecule has 7 nitrogen and oxygen atoms in total. The van der Waals surface area contributed by atoms with Crippen LogP contribution >= 0.6 is 11.6 Å². The quantitative estimate of drug-likeness (QED) is 0.427. The second kappa shape index (κ2) is 7.10. The number of fused-ring (bicyclic) bond motifs is 1. The smallest absolute Gasteiger partial charge is 0.339 e. The third kappa shape index (κ3) is 3.21. The highest BCUT2D eigenvalue weighted by Gasteiger charge is 2.16. The third-order valence-corrected chi connectivity index (χ3v) is 3.39. The Bertz CT molecular complexity index is 920. The summed E-state index contributed by atoms with van der Waals surface area (Å²) in [4.78, 5) is 22.2. The van der Waals surface area contributed by atoms with Crippen LogP contribution in [0.25, 0.3) is 11.2 Å². The van der Waals surface area contributed by atoms with E-state index < -0.39 is 5.97 Å². The van der Waals surface area contributed by atoms with Crippen molar-refractivity contribution in [1.29, 1.82) is 5.41 Å². The van der Waals surface area contributed by atoms with Crippen LogP contribution < -0.4 is 5.73 Å². The molecule has 0 aliphatic carbocycles. The molecule has 8 heteroatoms. The molecule has 0 saturated heterocycles. The molecule has 0 bridgehead atoms. The molecule has 0 saturated carbocycles. The van der Waals surface area contributed by atoms with E-state index in [1.807, 2.05) is 13.8 Å². The number of H-pyrrole nitrogens is 1. The van der Waals surface area contributed by atoms with Crippen LogP contribution in [0.1, 0.15) is 35.5 Å². The minimum atomic E-state index is -1.12. The van der Waals surface area contributed by atoms with E-state index in [-0.39, 0.29) is 22.5 Å². The highest BCUT2D eigenvalue weighted by molar-refractivity contribution is 6.31. The van der Waals surface area contributed by atoms with Crippen LogP contribution in [0.5, 0.6) is 0 Å². The number of nitrogens with one attached hydrogen (secondary N) is 2. The molecular formula is C16H16ClN5O2. The van der Waals surface area contributed by atoms with Gasteiger partial charge in [-0.25, -0.2) is 14.8 Å². The van der Waals surface area contributed by atoms with Crippen molar-refractivity contribution in [3.8, 4) is 0 Å². The van der Waals surface area contributed by atoms with E-state index in [0.29, 0.717) is 21.9 Å². The van der Waals surface area contributed by atoms with Crippen molar-refractivity contribution in [2.24, 2.45) is 0 Å². The molecule has 0 aliphatic rings. The van der Waals surface area contributed by atoms with Gasteiger partial charge in [-0.2, -0.15) is 0 Å². The Morgan fingerprint density at radius 1 is 1.33 bits per heavy atom. The van der Waals surface area contributed by atoms with Gasteiger partial charge in [-0.1, -0.05) is 25.4 Å². The first kappa shape index (κ1) is 17.4. The SMILES string of the molecule is CC.N=C(c1cnc2[nH]cc(C(=O)O)c2n1)c1ccc(Cl)cc1N. The van der Waals surface area contributed by atoms with Crippen LogP contribution in [0.4, 0.5) is 5.69 Å². The molecule has 0 atom stereocenters. The number of nitrogen functional groups attached to an aromatic ring is 1. The average molecular weight is 346 g/mol. The number of carboxylic acid groups (broad SMARTS) is 1. The van der Waals surface area contributed by atoms with Crippen LogP contribution in [-0.4, -0.2) is 31.7 Å². The normalized spacial score (nSPS) is 10.1. The number of aromatic carboxylic acids is 1. The molecule has 3 rings (SSSR count). The number of carbonyl (C=O) groups is 1. The Morgan fingerprint density at radius 2 is 2.04 bits per heavy atom. The van der Waals surface area contributed by atoms with Crippen LogP contribution in [0, 0.1) is 5.41 Å². The lowest BCUT2D eigenvalue weighted by atomic mass is 10.1.